The summed E-state index contributed by atoms with van der Waals surface area (Å²) in [6.07, 6.45) is 4.03. The molecular weight excluding hydrogens is 260 g/mol. The third-order valence-electron chi connectivity index (χ3n) is 4.18. The van der Waals surface area contributed by atoms with Crippen molar-refractivity contribution < 1.29 is 9.84 Å². The highest BCUT2D eigenvalue weighted by molar-refractivity contribution is 5.84. The Morgan fingerprint density at radius 3 is 2.19 bits per heavy atom. The highest BCUT2D eigenvalue weighted by atomic mass is 16.5. The van der Waals surface area contributed by atoms with Crippen molar-refractivity contribution in [2.45, 2.75) is 45.6 Å². The van der Waals surface area contributed by atoms with Crippen LogP contribution in [-0.2, 0) is 0 Å². The van der Waals surface area contributed by atoms with Crippen LogP contribution in [0, 0.1) is 5.92 Å². The molecule has 1 N–H and O–H groups in total. The Kier molecular flexibility index (Phi) is 5.63. The van der Waals surface area contributed by atoms with Gasteiger partial charge in [0, 0.05) is 0 Å². The number of benzene rings is 2. The molecule has 0 saturated carbocycles. The molecule has 2 aromatic rings. The molecule has 0 amide bonds. The van der Waals surface area contributed by atoms with Gasteiger partial charge in [-0.1, -0.05) is 44.9 Å². The standard InChI is InChI=1S/C19H26O2/c1-4-6-14(7-5-2)19(20)17-9-8-16-13-18(21-3)11-10-15(16)12-17/h8-14,19-20H,4-7H2,1-3H3. The van der Waals surface area contributed by atoms with E-state index in [1.54, 1.807) is 7.11 Å². The molecule has 0 heterocycles. The minimum absolute atomic E-state index is 0.357. The molecule has 0 aliphatic rings. The molecule has 0 saturated heterocycles. The molecule has 0 aromatic heterocycles. The number of hydrogen-bond acceptors (Lipinski definition) is 2. The molecule has 1 atom stereocenters. The first-order valence-corrected chi connectivity index (χ1v) is 7.95. The van der Waals surface area contributed by atoms with Gasteiger partial charge in [0.2, 0.25) is 0 Å². The first-order chi connectivity index (χ1) is 10.2. The van der Waals surface area contributed by atoms with E-state index in [0.717, 1.165) is 47.8 Å². The van der Waals surface area contributed by atoms with Crippen LogP contribution < -0.4 is 4.74 Å². The summed E-state index contributed by atoms with van der Waals surface area (Å²) in [5.74, 6) is 1.22. The third-order valence-corrected chi connectivity index (χ3v) is 4.18. The molecule has 21 heavy (non-hydrogen) atoms. The van der Waals surface area contributed by atoms with Crippen LogP contribution in [0.1, 0.15) is 51.2 Å². The van der Waals surface area contributed by atoms with Crippen LogP contribution in [0.5, 0.6) is 5.75 Å². The van der Waals surface area contributed by atoms with Gasteiger partial charge < -0.3 is 9.84 Å². The van der Waals surface area contributed by atoms with E-state index in [0.29, 0.717) is 5.92 Å². The number of aliphatic hydroxyl groups excluding tert-OH is 1. The van der Waals surface area contributed by atoms with E-state index < -0.39 is 0 Å². The summed E-state index contributed by atoms with van der Waals surface area (Å²) in [5.41, 5.74) is 1.03. The SMILES string of the molecule is CCCC(CCC)C(O)c1ccc2cc(OC)ccc2c1. The van der Waals surface area contributed by atoms with Gasteiger partial charge in [-0.15, -0.1) is 0 Å². The fourth-order valence-electron chi connectivity index (χ4n) is 3.03. The molecule has 1 unspecified atom stereocenters. The van der Waals surface area contributed by atoms with Gasteiger partial charge in [-0.05, 0) is 53.3 Å². The summed E-state index contributed by atoms with van der Waals surface area (Å²) in [7, 11) is 1.68. The molecule has 0 spiro atoms. The van der Waals surface area contributed by atoms with E-state index >= 15 is 0 Å². The van der Waals surface area contributed by atoms with Crippen LogP contribution in [-0.4, -0.2) is 12.2 Å². The molecule has 0 fully saturated rings. The lowest BCUT2D eigenvalue weighted by molar-refractivity contribution is 0.0966. The predicted molar refractivity (Wildman–Crippen MR) is 88.8 cm³/mol. The van der Waals surface area contributed by atoms with Crippen molar-refractivity contribution in [2.24, 2.45) is 5.92 Å². The van der Waals surface area contributed by atoms with E-state index in [4.69, 9.17) is 4.74 Å². The monoisotopic (exact) mass is 286 g/mol. The van der Waals surface area contributed by atoms with Crippen molar-refractivity contribution in [1.29, 1.82) is 0 Å². The molecule has 0 radical (unpaired) electrons. The van der Waals surface area contributed by atoms with Gasteiger partial charge in [-0.3, -0.25) is 0 Å². The normalized spacial score (nSPS) is 12.8. The van der Waals surface area contributed by atoms with Crippen LogP contribution in [0.4, 0.5) is 0 Å². The zero-order valence-corrected chi connectivity index (χ0v) is 13.3. The zero-order valence-electron chi connectivity index (χ0n) is 13.3. The van der Waals surface area contributed by atoms with Gasteiger partial charge in [-0.25, -0.2) is 0 Å². The largest absolute Gasteiger partial charge is 0.497 e. The Balaban J connectivity index is 2.28. The van der Waals surface area contributed by atoms with Gasteiger partial charge >= 0.3 is 0 Å². The minimum Gasteiger partial charge on any atom is -0.497 e. The molecule has 2 aromatic carbocycles. The maximum absolute atomic E-state index is 10.7. The average molecular weight is 286 g/mol. The van der Waals surface area contributed by atoms with Crippen molar-refractivity contribution in [1.82, 2.24) is 0 Å². The first-order valence-electron chi connectivity index (χ1n) is 7.95. The summed E-state index contributed by atoms with van der Waals surface area (Å²) >= 11 is 0. The van der Waals surface area contributed by atoms with Gasteiger partial charge in [0.05, 0.1) is 13.2 Å². The number of fused-ring (bicyclic) bond motifs is 1. The maximum atomic E-state index is 10.7. The molecule has 0 aliphatic heterocycles. The van der Waals surface area contributed by atoms with Gasteiger partial charge in [0.15, 0.2) is 0 Å². The Labute approximate surface area is 127 Å². The Morgan fingerprint density at radius 2 is 1.57 bits per heavy atom. The van der Waals surface area contributed by atoms with Crippen LogP contribution in [0.2, 0.25) is 0 Å². The number of ether oxygens (including phenoxy) is 1. The van der Waals surface area contributed by atoms with E-state index in [2.05, 4.69) is 32.0 Å². The third kappa shape index (κ3) is 3.76. The Hall–Kier alpha value is -1.54. The topological polar surface area (TPSA) is 29.5 Å². The number of hydrogen-bond donors (Lipinski definition) is 1. The summed E-state index contributed by atoms with van der Waals surface area (Å²) in [4.78, 5) is 0. The molecule has 2 nitrogen and oxygen atoms in total. The Bertz CT molecular complexity index is 571. The second kappa shape index (κ2) is 7.46. The zero-order chi connectivity index (χ0) is 15.2. The van der Waals surface area contributed by atoms with Gasteiger partial charge in [-0.2, -0.15) is 0 Å². The van der Waals surface area contributed by atoms with Crippen molar-refractivity contribution >= 4 is 10.8 Å². The lowest BCUT2D eigenvalue weighted by Crippen LogP contribution is -2.12. The quantitative estimate of drug-likeness (QED) is 0.767. The second-order valence-electron chi connectivity index (χ2n) is 5.75. The van der Waals surface area contributed by atoms with Gasteiger partial charge in [0.1, 0.15) is 5.75 Å². The van der Waals surface area contributed by atoms with E-state index in [1.807, 2.05) is 18.2 Å². The summed E-state index contributed by atoms with van der Waals surface area (Å²) in [6.45, 7) is 4.37. The van der Waals surface area contributed by atoms with Crippen molar-refractivity contribution in [3.8, 4) is 5.75 Å². The highest BCUT2D eigenvalue weighted by Crippen LogP contribution is 2.32. The molecule has 2 heteroatoms. The second-order valence-corrected chi connectivity index (χ2v) is 5.75. The van der Waals surface area contributed by atoms with Crippen LogP contribution in [0.3, 0.4) is 0 Å². The van der Waals surface area contributed by atoms with Crippen LogP contribution in [0.25, 0.3) is 10.8 Å². The smallest absolute Gasteiger partial charge is 0.119 e. The fraction of sp³-hybridized carbons (Fsp3) is 0.474. The van der Waals surface area contributed by atoms with Crippen LogP contribution in [0.15, 0.2) is 36.4 Å². The average Bonchev–Trinajstić information content (AvgIpc) is 2.53. The lowest BCUT2D eigenvalue weighted by Gasteiger charge is -2.22. The van der Waals surface area contributed by atoms with Crippen molar-refractivity contribution in [3.63, 3.8) is 0 Å². The summed E-state index contributed by atoms with van der Waals surface area (Å²) in [6, 6.07) is 12.3. The number of aliphatic hydroxyl groups is 1. The van der Waals surface area contributed by atoms with E-state index in [1.165, 1.54) is 0 Å². The lowest BCUT2D eigenvalue weighted by atomic mass is 9.87. The van der Waals surface area contributed by atoms with E-state index in [9.17, 15) is 5.11 Å². The van der Waals surface area contributed by atoms with Crippen molar-refractivity contribution in [2.75, 3.05) is 7.11 Å². The maximum Gasteiger partial charge on any atom is 0.119 e. The molecule has 114 valence electrons. The minimum atomic E-state index is -0.364. The molecule has 0 aliphatic carbocycles. The first kappa shape index (κ1) is 15.8. The Morgan fingerprint density at radius 1 is 0.952 bits per heavy atom. The van der Waals surface area contributed by atoms with Gasteiger partial charge in [0.25, 0.3) is 0 Å². The highest BCUT2D eigenvalue weighted by Gasteiger charge is 2.19. The molecular formula is C19H26O2. The number of methoxy groups -OCH3 is 1. The fourth-order valence-corrected chi connectivity index (χ4v) is 3.03. The number of rotatable bonds is 7. The summed E-state index contributed by atoms with van der Waals surface area (Å²) < 4.78 is 5.25. The van der Waals surface area contributed by atoms with E-state index in [-0.39, 0.29) is 6.10 Å². The van der Waals surface area contributed by atoms with Crippen molar-refractivity contribution in [3.05, 3.63) is 42.0 Å². The molecule has 0 bridgehead atoms. The summed E-state index contributed by atoms with van der Waals surface area (Å²) in [5, 5.41) is 13.0. The molecule has 2 rings (SSSR count). The predicted octanol–water partition coefficient (Wildman–Crippen LogP) is 5.10. The van der Waals surface area contributed by atoms with Crippen LogP contribution >= 0.6 is 0 Å².